The minimum absolute atomic E-state index is 0.0910. The summed E-state index contributed by atoms with van der Waals surface area (Å²) in [6, 6.07) is 103. The number of rotatable bonds is 10. The lowest BCUT2D eigenvalue weighted by Gasteiger charge is -2.23. The molecule has 0 saturated carbocycles. The summed E-state index contributed by atoms with van der Waals surface area (Å²) in [6.45, 7) is 20.7. The molecule has 478 valence electrons. The molecule has 99 heavy (non-hydrogen) atoms. The molecule has 0 spiro atoms. The lowest BCUT2D eigenvalue weighted by Crippen LogP contribution is -2.13. The number of benzene rings is 11. The summed E-state index contributed by atoms with van der Waals surface area (Å²) >= 11 is 0. The number of hydrogen-bond donors (Lipinski definition) is 0. The highest BCUT2D eigenvalue weighted by Crippen LogP contribution is 2.48. The van der Waals surface area contributed by atoms with Gasteiger partial charge in [-0.05, 0) is 117 Å². The zero-order chi connectivity index (χ0) is 67.5. The highest BCUT2D eigenvalue weighted by atomic mass is 15.2. The fourth-order valence-electron chi connectivity index (χ4n) is 14.5. The Morgan fingerprint density at radius 3 is 1.03 bits per heavy atom. The second-order valence-electron chi connectivity index (χ2n) is 29.4. The van der Waals surface area contributed by atoms with Crippen LogP contribution in [0.4, 0.5) is 0 Å². The van der Waals surface area contributed by atoms with Crippen LogP contribution >= 0.6 is 0 Å². The van der Waals surface area contributed by atoms with E-state index in [2.05, 4.69) is 331 Å². The molecule has 0 aliphatic carbocycles. The molecule has 8 nitrogen and oxygen atoms in total. The molecule has 17 rings (SSSR count). The van der Waals surface area contributed by atoms with Gasteiger partial charge in [-0.25, -0.2) is 24.9 Å². The van der Waals surface area contributed by atoms with Crippen molar-refractivity contribution in [3.8, 4) is 96.3 Å². The van der Waals surface area contributed by atoms with Gasteiger partial charge in [-0.2, -0.15) is 0 Å². The van der Waals surface area contributed by atoms with Gasteiger partial charge in [0.2, 0.25) is 0 Å². The number of para-hydroxylation sites is 3. The molecular formula is C91H74N8. The summed E-state index contributed by atoms with van der Waals surface area (Å²) in [5.41, 5.74) is 21.3. The van der Waals surface area contributed by atoms with Gasteiger partial charge in [-0.1, -0.05) is 269 Å². The van der Waals surface area contributed by atoms with Crippen LogP contribution in [-0.2, 0) is 16.2 Å². The molecule has 6 heterocycles. The van der Waals surface area contributed by atoms with E-state index in [9.17, 15) is 0 Å². The smallest absolute Gasteiger partial charge is 0.165 e. The van der Waals surface area contributed by atoms with Gasteiger partial charge in [0, 0.05) is 71.3 Å². The van der Waals surface area contributed by atoms with E-state index in [1.165, 1.54) is 27.5 Å². The van der Waals surface area contributed by atoms with Crippen molar-refractivity contribution in [2.24, 2.45) is 0 Å². The summed E-state index contributed by atoms with van der Waals surface area (Å²) in [7, 11) is 0. The van der Waals surface area contributed by atoms with E-state index in [4.69, 9.17) is 24.9 Å². The van der Waals surface area contributed by atoms with Crippen molar-refractivity contribution >= 4 is 65.4 Å². The number of nitrogens with zero attached hydrogens (tertiary/aromatic N) is 8. The SMILES string of the molecule is CC(C)(C)c1ccc2c(c1)c1ccccc1n2-c1cc(-c2ccc(-c3cc(-c4ccccc4)nc(-c4ccccc4)n3)c(-c3cc(-c4ccccc4)nc(-c4ccccc4)n3)c2)c(-n2c3ccccc3c3cc(C(C)(C)C)ccc32)c(-n2c3ccccc3c3cc(C(C)(C)C)ccc32)n1. The Morgan fingerprint density at radius 1 is 0.232 bits per heavy atom. The maximum Gasteiger partial charge on any atom is 0.165 e. The largest absolute Gasteiger partial charge is 0.305 e. The van der Waals surface area contributed by atoms with Gasteiger partial charge in [-0.3, -0.25) is 9.13 Å². The average Bonchev–Trinajstić information content (AvgIpc) is 1.58. The van der Waals surface area contributed by atoms with Crippen LogP contribution in [-0.4, -0.2) is 38.6 Å². The van der Waals surface area contributed by atoms with Crippen LogP contribution in [0.5, 0.6) is 0 Å². The Morgan fingerprint density at radius 2 is 0.586 bits per heavy atom. The second kappa shape index (κ2) is 23.5. The van der Waals surface area contributed by atoms with E-state index in [0.717, 1.165) is 139 Å². The molecule has 0 aliphatic heterocycles. The molecule has 17 aromatic rings. The molecule has 0 amide bonds. The van der Waals surface area contributed by atoms with Crippen LogP contribution < -0.4 is 0 Å². The van der Waals surface area contributed by atoms with Gasteiger partial charge in [0.05, 0.1) is 61.6 Å². The summed E-state index contributed by atoms with van der Waals surface area (Å²) in [6.07, 6.45) is 0. The van der Waals surface area contributed by atoms with Crippen molar-refractivity contribution in [2.75, 3.05) is 0 Å². The summed E-state index contributed by atoms with van der Waals surface area (Å²) in [4.78, 5) is 28.3. The minimum Gasteiger partial charge on any atom is -0.305 e. The molecule has 8 heteroatoms. The maximum atomic E-state index is 6.29. The standard InChI is InChI=1S/C91H74N8/c1-89(2,3)62-43-47-81-71(51-62)66-36-22-25-39-78(66)97(81)84-54-69(85(98-79-40-26-23-37-67(79)72-52-63(90(4,5)6)44-48-82(72)98)88(96-84)99-80-41-27-24-38-68(80)73-53-64(91(7,8)9)45-49-83(73)99)61-42-46-65(76-55-74(57-28-14-10-15-29-57)92-86(94-76)59-32-18-12-19-33-59)70(50-61)77-56-75(58-30-16-11-17-31-58)93-87(95-77)60-34-20-13-21-35-60/h10-56H,1-9H3. The summed E-state index contributed by atoms with van der Waals surface area (Å²) in [5.74, 6) is 2.77. The molecule has 0 radical (unpaired) electrons. The van der Waals surface area contributed by atoms with Crippen molar-refractivity contribution < 1.29 is 0 Å². The van der Waals surface area contributed by atoms with Gasteiger partial charge in [0.1, 0.15) is 5.82 Å². The molecule has 0 unspecified atom stereocenters. The number of fused-ring (bicyclic) bond motifs is 9. The first-order valence-electron chi connectivity index (χ1n) is 34.3. The number of hydrogen-bond acceptors (Lipinski definition) is 5. The van der Waals surface area contributed by atoms with E-state index >= 15 is 0 Å². The first-order valence-corrected chi connectivity index (χ1v) is 34.3. The van der Waals surface area contributed by atoms with E-state index in [0.29, 0.717) is 11.6 Å². The monoisotopic (exact) mass is 1280 g/mol. The van der Waals surface area contributed by atoms with Crippen molar-refractivity contribution in [3.63, 3.8) is 0 Å². The summed E-state index contributed by atoms with van der Waals surface area (Å²) in [5, 5.41) is 6.96. The van der Waals surface area contributed by atoms with Crippen LogP contribution in [0.3, 0.4) is 0 Å². The third-order valence-electron chi connectivity index (χ3n) is 19.8. The lowest BCUT2D eigenvalue weighted by molar-refractivity contribution is 0.591. The normalized spacial score (nSPS) is 12.3. The Bertz CT molecular complexity index is 5900. The van der Waals surface area contributed by atoms with Crippen LogP contribution in [0.15, 0.2) is 285 Å². The third kappa shape index (κ3) is 10.7. The van der Waals surface area contributed by atoms with E-state index in [-0.39, 0.29) is 16.2 Å². The topological polar surface area (TPSA) is 79.2 Å². The van der Waals surface area contributed by atoms with Crippen molar-refractivity contribution in [1.82, 2.24) is 38.6 Å². The molecule has 11 aromatic carbocycles. The van der Waals surface area contributed by atoms with Gasteiger partial charge < -0.3 is 4.57 Å². The fourth-order valence-corrected chi connectivity index (χ4v) is 14.5. The van der Waals surface area contributed by atoms with E-state index in [1.807, 2.05) is 30.3 Å². The first kappa shape index (κ1) is 60.8. The Balaban J connectivity index is 1.06. The molecule has 0 aliphatic rings. The molecular weight excluding hydrogens is 1210 g/mol. The van der Waals surface area contributed by atoms with Crippen molar-refractivity contribution in [2.45, 2.75) is 78.6 Å². The van der Waals surface area contributed by atoms with Gasteiger partial charge >= 0.3 is 0 Å². The molecule has 0 atom stereocenters. The van der Waals surface area contributed by atoms with Gasteiger partial charge in [-0.15, -0.1) is 0 Å². The Labute approximate surface area is 577 Å². The predicted octanol–water partition coefficient (Wildman–Crippen LogP) is 23.5. The quantitative estimate of drug-likeness (QED) is 0.136. The van der Waals surface area contributed by atoms with E-state index < -0.39 is 0 Å². The minimum atomic E-state index is -0.116. The van der Waals surface area contributed by atoms with Gasteiger partial charge in [0.15, 0.2) is 17.5 Å². The molecule has 6 aromatic heterocycles. The fraction of sp³-hybridized carbons (Fsp3) is 0.132. The molecule has 0 fully saturated rings. The Hall–Kier alpha value is -11.9. The van der Waals surface area contributed by atoms with Crippen LogP contribution in [0, 0.1) is 0 Å². The third-order valence-corrected chi connectivity index (χ3v) is 19.8. The lowest BCUT2D eigenvalue weighted by atomic mass is 9.86. The maximum absolute atomic E-state index is 6.29. The van der Waals surface area contributed by atoms with Crippen LogP contribution in [0.2, 0.25) is 0 Å². The Kier molecular flexibility index (Phi) is 14.4. The van der Waals surface area contributed by atoms with Crippen molar-refractivity contribution in [1.29, 1.82) is 0 Å². The predicted molar refractivity (Wildman–Crippen MR) is 413 cm³/mol. The van der Waals surface area contributed by atoms with Crippen LogP contribution in [0.1, 0.15) is 79.0 Å². The number of pyridine rings is 1. The second-order valence-corrected chi connectivity index (χ2v) is 29.4. The highest BCUT2D eigenvalue weighted by molar-refractivity contribution is 6.14. The van der Waals surface area contributed by atoms with Crippen LogP contribution in [0.25, 0.3) is 162 Å². The molecule has 0 N–H and O–H groups in total. The zero-order valence-electron chi connectivity index (χ0n) is 57.2. The van der Waals surface area contributed by atoms with E-state index in [1.54, 1.807) is 0 Å². The zero-order valence-corrected chi connectivity index (χ0v) is 57.2. The summed E-state index contributed by atoms with van der Waals surface area (Å²) < 4.78 is 7.35. The van der Waals surface area contributed by atoms with Gasteiger partial charge in [0.25, 0.3) is 0 Å². The average molecular weight is 1280 g/mol. The first-order chi connectivity index (χ1) is 48.0. The highest BCUT2D eigenvalue weighted by Gasteiger charge is 2.30. The van der Waals surface area contributed by atoms with Crippen molar-refractivity contribution in [3.05, 3.63) is 302 Å². The molecule has 0 bridgehead atoms. The number of aromatic nitrogens is 8. The molecule has 0 saturated heterocycles.